The lowest BCUT2D eigenvalue weighted by atomic mass is 10.0. The number of amides is 1. The van der Waals surface area contributed by atoms with Gasteiger partial charge in [0.05, 0.1) is 5.52 Å². The third-order valence-electron chi connectivity index (χ3n) is 4.06. The molecule has 1 saturated heterocycles. The van der Waals surface area contributed by atoms with Crippen LogP contribution < -0.4 is 10.2 Å². The number of aryl methyl sites for hydroxylation is 1. The highest BCUT2D eigenvalue weighted by Gasteiger charge is 2.21. The van der Waals surface area contributed by atoms with Gasteiger partial charge in [0.15, 0.2) is 0 Å². The molecule has 4 nitrogen and oxygen atoms in total. The molecule has 2 heterocycles. The Morgan fingerprint density at radius 3 is 3.00 bits per heavy atom. The number of nitrogens with zero attached hydrogens (tertiary/aromatic N) is 2. The number of carbonyl (C=O) groups is 1. The van der Waals surface area contributed by atoms with E-state index in [-0.39, 0.29) is 11.9 Å². The van der Waals surface area contributed by atoms with Crippen LogP contribution in [0.4, 0.5) is 5.82 Å². The Morgan fingerprint density at radius 2 is 2.19 bits per heavy atom. The lowest BCUT2D eigenvalue weighted by Gasteiger charge is -2.34. The first kappa shape index (κ1) is 13.9. The summed E-state index contributed by atoms with van der Waals surface area (Å²) in [6, 6.07) is 10.6. The van der Waals surface area contributed by atoms with Crippen molar-refractivity contribution in [3.63, 3.8) is 0 Å². The van der Waals surface area contributed by atoms with Gasteiger partial charge in [-0.25, -0.2) is 4.98 Å². The number of nitrogens with one attached hydrogen (secondary N) is 1. The highest BCUT2D eigenvalue weighted by atomic mass is 16.1. The number of piperidine rings is 1. The van der Waals surface area contributed by atoms with Crippen LogP contribution in [-0.4, -0.2) is 30.0 Å². The lowest BCUT2D eigenvalue weighted by molar-refractivity contribution is -0.119. The van der Waals surface area contributed by atoms with Gasteiger partial charge in [0.2, 0.25) is 5.91 Å². The molecule has 1 aromatic heterocycles. The maximum Gasteiger partial charge on any atom is 0.217 e. The molecule has 21 heavy (non-hydrogen) atoms. The van der Waals surface area contributed by atoms with Gasteiger partial charge in [-0.1, -0.05) is 18.2 Å². The van der Waals surface area contributed by atoms with E-state index in [4.69, 9.17) is 4.98 Å². The fourth-order valence-corrected chi connectivity index (χ4v) is 3.08. The predicted molar refractivity (Wildman–Crippen MR) is 85.5 cm³/mol. The van der Waals surface area contributed by atoms with Crippen molar-refractivity contribution in [3.8, 4) is 0 Å². The van der Waals surface area contributed by atoms with E-state index in [2.05, 4.69) is 35.3 Å². The molecule has 3 rings (SSSR count). The van der Waals surface area contributed by atoms with E-state index < -0.39 is 0 Å². The summed E-state index contributed by atoms with van der Waals surface area (Å²) in [5, 5.41) is 4.23. The first-order valence-electron chi connectivity index (χ1n) is 7.52. The number of carbonyl (C=O) groups excluding carboxylic acids is 1. The number of aromatic nitrogens is 1. The number of rotatable bonds is 2. The molecule has 0 radical (unpaired) electrons. The minimum absolute atomic E-state index is 0.0458. The van der Waals surface area contributed by atoms with Gasteiger partial charge >= 0.3 is 0 Å². The number of anilines is 1. The second kappa shape index (κ2) is 5.72. The highest BCUT2D eigenvalue weighted by molar-refractivity contribution is 5.83. The van der Waals surface area contributed by atoms with E-state index in [1.807, 2.05) is 12.1 Å². The van der Waals surface area contributed by atoms with E-state index >= 15 is 0 Å². The molecule has 1 N–H and O–H groups in total. The van der Waals surface area contributed by atoms with Gasteiger partial charge in [-0.05, 0) is 37.5 Å². The Hall–Kier alpha value is -2.10. The molecule has 0 aliphatic carbocycles. The summed E-state index contributed by atoms with van der Waals surface area (Å²) >= 11 is 0. The number of hydrogen-bond acceptors (Lipinski definition) is 3. The van der Waals surface area contributed by atoms with Crippen molar-refractivity contribution in [2.24, 2.45) is 0 Å². The van der Waals surface area contributed by atoms with Crippen molar-refractivity contribution in [2.75, 3.05) is 18.0 Å². The van der Waals surface area contributed by atoms with Crippen LogP contribution in [0.25, 0.3) is 10.9 Å². The Bertz CT molecular complexity index is 668. The van der Waals surface area contributed by atoms with Gasteiger partial charge in [0.1, 0.15) is 5.82 Å². The van der Waals surface area contributed by atoms with Gasteiger partial charge < -0.3 is 10.2 Å². The Labute approximate surface area is 125 Å². The molecular weight excluding hydrogens is 262 g/mol. The zero-order chi connectivity index (χ0) is 14.8. The SMILES string of the molecule is CC(=O)NC1CCCN(c2cc(C)c3ccccc3n2)C1. The largest absolute Gasteiger partial charge is 0.355 e. The van der Waals surface area contributed by atoms with Crippen molar-refractivity contribution in [3.05, 3.63) is 35.9 Å². The number of hydrogen-bond donors (Lipinski definition) is 1. The molecule has 1 fully saturated rings. The Kier molecular flexibility index (Phi) is 3.78. The Balaban J connectivity index is 1.87. The van der Waals surface area contributed by atoms with Gasteiger partial charge in [-0.2, -0.15) is 0 Å². The molecule has 1 atom stereocenters. The van der Waals surface area contributed by atoms with Gasteiger partial charge in [0.25, 0.3) is 0 Å². The highest BCUT2D eigenvalue weighted by Crippen LogP contribution is 2.24. The summed E-state index contributed by atoms with van der Waals surface area (Å²) in [5.74, 6) is 1.06. The number of fused-ring (bicyclic) bond motifs is 1. The topological polar surface area (TPSA) is 45.2 Å². The normalized spacial score (nSPS) is 18.8. The smallest absolute Gasteiger partial charge is 0.217 e. The van der Waals surface area contributed by atoms with Crippen molar-refractivity contribution in [1.82, 2.24) is 10.3 Å². The zero-order valence-corrected chi connectivity index (χ0v) is 12.6. The fourth-order valence-electron chi connectivity index (χ4n) is 3.08. The van der Waals surface area contributed by atoms with Crippen molar-refractivity contribution < 1.29 is 4.79 Å². The van der Waals surface area contributed by atoms with E-state index in [1.165, 1.54) is 10.9 Å². The third-order valence-corrected chi connectivity index (χ3v) is 4.06. The molecule has 0 spiro atoms. The molecule has 0 saturated carbocycles. The van der Waals surface area contributed by atoms with E-state index in [9.17, 15) is 4.79 Å². The fraction of sp³-hybridized carbons (Fsp3) is 0.412. The molecule has 2 aromatic rings. The quantitative estimate of drug-likeness (QED) is 0.921. The first-order valence-corrected chi connectivity index (χ1v) is 7.52. The monoisotopic (exact) mass is 283 g/mol. The van der Waals surface area contributed by atoms with Crippen molar-refractivity contribution in [1.29, 1.82) is 0 Å². The Morgan fingerprint density at radius 1 is 1.38 bits per heavy atom. The van der Waals surface area contributed by atoms with Crippen LogP contribution in [0.1, 0.15) is 25.3 Å². The maximum absolute atomic E-state index is 11.2. The van der Waals surface area contributed by atoms with Crippen LogP contribution in [0.15, 0.2) is 30.3 Å². The molecule has 1 amide bonds. The van der Waals surface area contributed by atoms with Crippen molar-refractivity contribution >= 4 is 22.6 Å². The number of para-hydroxylation sites is 1. The lowest BCUT2D eigenvalue weighted by Crippen LogP contribution is -2.47. The van der Waals surface area contributed by atoms with Crippen LogP contribution in [0.3, 0.4) is 0 Å². The average molecular weight is 283 g/mol. The van der Waals surface area contributed by atoms with Crippen LogP contribution in [0.5, 0.6) is 0 Å². The summed E-state index contributed by atoms with van der Waals surface area (Å²) in [6.07, 6.45) is 2.13. The van der Waals surface area contributed by atoms with Gasteiger partial charge in [-0.15, -0.1) is 0 Å². The summed E-state index contributed by atoms with van der Waals surface area (Å²) in [6.45, 7) is 5.55. The number of benzene rings is 1. The molecule has 0 bridgehead atoms. The minimum Gasteiger partial charge on any atom is -0.355 e. The van der Waals surface area contributed by atoms with Crippen LogP contribution in [0, 0.1) is 6.92 Å². The average Bonchev–Trinajstić information content (AvgIpc) is 2.47. The third kappa shape index (κ3) is 2.99. The summed E-state index contributed by atoms with van der Waals surface area (Å²) in [4.78, 5) is 18.3. The van der Waals surface area contributed by atoms with Crippen LogP contribution in [0.2, 0.25) is 0 Å². The molecule has 1 aliphatic heterocycles. The molecule has 4 heteroatoms. The minimum atomic E-state index is 0.0458. The van der Waals surface area contributed by atoms with E-state index in [1.54, 1.807) is 6.92 Å². The number of pyridine rings is 1. The zero-order valence-electron chi connectivity index (χ0n) is 12.6. The summed E-state index contributed by atoms with van der Waals surface area (Å²) < 4.78 is 0. The van der Waals surface area contributed by atoms with Crippen LogP contribution >= 0.6 is 0 Å². The molecule has 1 aliphatic rings. The molecule has 110 valence electrons. The first-order chi connectivity index (χ1) is 10.1. The molecule has 1 unspecified atom stereocenters. The standard InChI is InChI=1S/C17H21N3O/c1-12-10-17(19-16-8-4-3-7-15(12)16)20-9-5-6-14(11-20)18-13(2)21/h3-4,7-8,10,14H,5-6,9,11H2,1-2H3,(H,18,21). The van der Waals surface area contributed by atoms with Crippen molar-refractivity contribution in [2.45, 2.75) is 32.7 Å². The second-order valence-corrected chi connectivity index (χ2v) is 5.80. The second-order valence-electron chi connectivity index (χ2n) is 5.80. The summed E-state index contributed by atoms with van der Waals surface area (Å²) in [7, 11) is 0. The van der Waals surface area contributed by atoms with E-state index in [0.717, 1.165) is 37.3 Å². The molecule has 1 aromatic carbocycles. The van der Waals surface area contributed by atoms with Gasteiger partial charge in [0, 0.05) is 31.4 Å². The molecular formula is C17H21N3O. The maximum atomic E-state index is 11.2. The van der Waals surface area contributed by atoms with E-state index in [0.29, 0.717) is 0 Å². The van der Waals surface area contributed by atoms with Gasteiger partial charge in [-0.3, -0.25) is 4.79 Å². The summed E-state index contributed by atoms with van der Waals surface area (Å²) in [5.41, 5.74) is 2.28. The van der Waals surface area contributed by atoms with Crippen LogP contribution in [-0.2, 0) is 4.79 Å². The predicted octanol–water partition coefficient (Wildman–Crippen LogP) is 2.65.